The van der Waals surface area contributed by atoms with E-state index < -0.39 is 0 Å². The smallest absolute Gasteiger partial charge is 0.253 e. The lowest BCUT2D eigenvalue weighted by Crippen LogP contribution is -2.50. The molecule has 3 rings (SSSR count). The van der Waals surface area contributed by atoms with Gasteiger partial charge >= 0.3 is 0 Å². The third-order valence-corrected chi connectivity index (χ3v) is 3.87. The fourth-order valence-electron chi connectivity index (χ4n) is 2.41. The quantitative estimate of drug-likeness (QED) is 0.815. The molecule has 2 saturated carbocycles. The molecule has 3 aliphatic rings. The molecule has 4 nitrogen and oxygen atoms in total. The van der Waals surface area contributed by atoms with Crippen LogP contribution in [0.25, 0.3) is 0 Å². The second-order valence-corrected chi connectivity index (χ2v) is 5.69. The van der Waals surface area contributed by atoms with E-state index in [9.17, 15) is 4.79 Å². The minimum Gasteiger partial charge on any atom is -0.366 e. The summed E-state index contributed by atoms with van der Waals surface area (Å²) in [6.45, 7) is 4.15. The summed E-state index contributed by atoms with van der Waals surface area (Å²) in [4.78, 5) is 14.5. The molecule has 0 aromatic carbocycles. The van der Waals surface area contributed by atoms with Crippen LogP contribution < -0.4 is 5.32 Å². The highest BCUT2D eigenvalue weighted by Gasteiger charge is 2.34. The van der Waals surface area contributed by atoms with Gasteiger partial charge in [-0.1, -0.05) is 0 Å². The third kappa shape index (κ3) is 3.84. The van der Waals surface area contributed by atoms with Crippen LogP contribution in [0.2, 0.25) is 0 Å². The minimum atomic E-state index is -0.235. The van der Waals surface area contributed by atoms with Crippen molar-refractivity contribution in [3.05, 3.63) is 0 Å². The number of nitrogens with one attached hydrogen (secondary N) is 1. The van der Waals surface area contributed by atoms with Crippen molar-refractivity contribution in [3.63, 3.8) is 0 Å². The Morgan fingerprint density at radius 1 is 1.17 bits per heavy atom. The van der Waals surface area contributed by atoms with Gasteiger partial charge in [-0.3, -0.25) is 4.79 Å². The maximum absolute atomic E-state index is 12.4. The molecular weight excluding hydrogens is 252 g/mol. The van der Waals surface area contributed by atoms with Crippen LogP contribution in [-0.4, -0.2) is 49.7 Å². The molecule has 18 heavy (non-hydrogen) atoms. The predicted molar refractivity (Wildman–Crippen MR) is 71.9 cm³/mol. The normalized spacial score (nSPS) is 27.4. The Hall–Kier alpha value is -0.320. The van der Waals surface area contributed by atoms with Crippen molar-refractivity contribution >= 4 is 18.3 Å². The van der Waals surface area contributed by atoms with Gasteiger partial charge in [-0.25, -0.2) is 0 Å². The van der Waals surface area contributed by atoms with Crippen molar-refractivity contribution in [2.45, 2.75) is 31.8 Å². The zero-order valence-electron chi connectivity index (χ0n) is 10.8. The number of carbonyl (C=O) groups is 1. The largest absolute Gasteiger partial charge is 0.366 e. The van der Waals surface area contributed by atoms with Gasteiger partial charge in [0.25, 0.3) is 5.91 Å². The van der Waals surface area contributed by atoms with Crippen LogP contribution in [-0.2, 0) is 9.53 Å². The molecule has 3 fully saturated rings. The van der Waals surface area contributed by atoms with E-state index in [2.05, 4.69) is 10.2 Å². The fourth-order valence-corrected chi connectivity index (χ4v) is 2.41. The van der Waals surface area contributed by atoms with Gasteiger partial charge in [0.05, 0.1) is 6.61 Å². The van der Waals surface area contributed by atoms with E-state index in [0.29, 0.717) is 13.2 Å². The number of ether oxygens (including phenoxy) is 1. The fraction of sp³-hybridized carbons (Fsp3) is 0.923. The molecule has 1 unspecified atom stereocenters. The summed E-state index contributed by atoms with van der Waals surface area (Å²) in [7, 11) is 0. The van der Waals surface area contributed by atoms with Crippen LogP contribution in [0.3, 0.4) is 0 Å². The highest BCUT2D eigenvalue weighted by Crippen LogP contribution is 2.34. The maximum Gasteiger partial charge on any atom is 0.253 e. The van der Waals surface area contributed by atoms with E-state index in [1.165, 1.54) is 25.7 Å². The predicted octanol–water partition coefficient (Wildman–Crippen LogP) is 1.05. The van der Waals surface area contributed by atoms with Crippen LogP contribution in [0.1, 0.15) is 25.7 Å². The highest BCUT2D eigenvalue weighted by atomic mass is 35.5. The van der Waals surface area contributed by atoms with Crippen molar-refractivity contribution in [1.29, 1.82) is 0 Å². The Labute approximate surface area is 115 Å². The molecule has 1 N–H and O–H groups in total. The number of hydrogen-bond donors (Lipinski definition) is 1. The summed E-state index contributed by atoms with van der Waals surface area (Å²) in [5.74, 6) is 1.76. The standard InChI is InChI=1S/C13H22N2O2.ClH/c16-13(12-7-14-5-6-17-12)15(8-10-1-2-10)9-11-3-4-11;/h10-12,14H,1-9H2;1H. The van der Waals surface area contributed by atoms with Crippen molar-refractivity contribution in [2.24, 2.45) is 11.8 Å². The summed E-state index contributed by atoms with van der Waals surface area (Å²) in [5, 5.41) is 3.24. The van der Waals surface area contributed by atoms with Crippen LogP contribution in [0.15, 0.2) is 0 Å². The molecule has 1 amide bonds. The lowest BCUT2D eigenvalue weighted by Gasteiger charge is -2.30. The molecule has 1 atom stereocenters. The van der Waals surface area contributed by atoms with Gasteiger partial charge in [0, 0.05) is 26.2 Å². The van der Waals surface area contributed by atoms with Gasteiger partial charge in [-0.2, -0.15) is 0 Å². The number of morpholine rings is 1. The topological polar surface area (TPSA) is 41.6 Å². The molecule has 0 radical (unpaired) electrons. The molecule has 1 saturated heterocycles. The zero-order chi connectivity index (χ0) is 11.7. The highest BCUT2D eigenvalue weighted by molar-refractivity contribution is 5.85. The SMILES string of the molecule is Cl.O=C(C1CNCCO1)N(CC1CC1)CC1CC1. The Balaban J connectivity index is 0.00000120. The van der Waals surface area contributed by atoms with E-state index in [1.54, 1.807) is 0 Å². The minimum absolute atomic E-state index is 0. The Morgan fingerprint density at radius 2 is 1.78 bits per heavy atom. The first-order valence-electron chi connectivity index (χ1n) is 6.94. The van der Waals surface area contributed by atoms with E-state index in [1.807, 2.05) is 0 Å². The summed E-state index contributed by atoms with van der Waals surface area (Å²) < 4.78 is 5.57. The molecule has 2 aliphatic carbocycles. The van der Waals surface area contributed by atoms with Crippen molar-refractivity contribution in [3.8, 4) is 0 Å². The van der Waals surface area contributed by atoms with E-state index in [-0.39, 0.29) is 24.4 Å². The van der Waals surface area contributed by atoms with E-state index >= 15 is 0 Å². The molecule has 5 heteroatoms. The van der Waals surface area contributed by atoms with Crippen LogP contribution >= 0.6 is 12.4 Å². The lowest BCUT2D eigenvalue weighted by molar-refractivity contribution is -0.145. The summed E-state index contributed by atoms with van der Waals surface area (Å²) >= 11 is 0. The van der Waals surface area contributed by atoms with Gasteiger partial charge in [0.15, 0.2) is 0 Å². The van der Waals surface area contributed by atoms with Crippen molar-refractivity contribution < 1.29 is 9.53 Å². The van der Waals surface area contributed by atoms with Crippen LogP contribution in [0.4, 0.5) is 0 Å². The van der Waals surface area contributed by atoms with Crippen molar-refractivity contribution in [1.82, 2.24) is 10.2 Å². The first-order valence-corrected chi connectivity index (χ1v) is 6.94. The molecule has 1 aliphatic heterocycles. The molecular formula is C13H23ClN2O2. The first-order chi connectivity index (χ1) is 8.33. The third-order valence-electron chi connectivity index (χ3n) is 3.87. The average molecular weight is 275 g/mol. The first kappa shape index (κ1) is 14.1. The van der Waals surface area contributed by atoms with Gasteiger partial charge < -0.3 is 15.0 Å². The molecule has 0 bridgehead atoms. The van der Waals surface area contributed by atoms with Crippen LogP contribution in [0.5, 0.6) is 0 Å². The number of halogens is 1. The Kier molecular flexibility index (Phi) is 4.87. The molecule has 104 valence electrons. The second-order valence-electron chi connectivity index (χ2n) is 5.69. The van der Waals surface area contributed by atoms with Crippen molar-refractivity contribution in [2.75, 3.05) is 32.8 Å². The lowest BCUT2D eigenvalue weighted by atomic mass is 10.2. The monoisotopic (exact) mass is 274 g/mol. The average Bonchev–Trinajstić information content (AvgIpc) is 3.23. The van der Waals surface area contributed by atoms with Gasteiger partial charge in [-0.05, 0) is 37.5 Å². The molecule has 0 aromatic rings. The van der Waals surface area contributed by atoms with E-state index in [0.717, 1.165) is 31.5 Å². The Bertz CT molecular complexity index is 273. The van der Waals surface area contributed by atoms with E-state index in [4.69, 9.17) is 4.74 Å². The zero-order valence-corrected chi connectivity index (χ0v) is 11.6. The summed E-state index contributed by atoms with van der Waals surface area (Å²) in [6.07, 6.45) is 4.98. The van der Waals surface area contributed by atoms with Gasteiger partial charge in [0.2, 0.25) is 0 Å². The second kappa shape index (κ2) is 6.22. The number of hydrogen-bond acceptors (Lipinski definition) is 3. The molecule has 0 aromatic heterocycles. The number of nitrogens with zero attached hydrogens (tertiary/aromatic N) is 1. The Morgan fingerprint density at radius 3 is 2.22 bits per heavy atom. The number of rotatable bonds is 5. The molecule has 0 spiro atoms. The number of carbonyl (C=O) groups excluding carboxylic acids is 1. The molecule has 1 heterocycles. The maximum atomic E-state index is 12.4. The van der Waals surface area contributed by atoms with Gasteiger partial charge in [-0.15, -0.1) is 12.4 Å². The summed E-state index contributed by atoms with van der Waals surface area (Å²) in [5.41, 5.74) is 0. The van der Waals surface area contributed by atoms with Gasteiger partial charge in [0.1, 0.15) is 6.10 Å². The number of amides is 1. The summed E-state index contributed by atoms with van der Waals surface area (Å²) in [6, 6.07) is 0. The van der Waals surface area contributed by atoms with Crippen LogP contribution in [0, 0.1) is 11.8 Å².